The molecule has 0 saturated heterocycles. The van der Waals surface area contributed by atoms with Crippen molar-refractivity contribution in [2.45, 2.75) is 12.8 Å². The van der Waals surface area contributed by atoms with Gasteiger partial charge in [0, 0.05) is 72.7 Å². The molecular formula is C49H29N5S3. The zero-order chi connectivity index (χ0) is 37.5. The average Bonchev–Trinajstić information content (AvgIpc) is 3.97. The number of aromatic nitrogens is 5. The minimum atomic E-state index is 0.673. The first-order chi connectivity index (χ1) is 28.2. The van der Waals surface area contributed by atoms with Crippen LogP contribution in [0.2, 0.25) is 0 Å². The Bertz CT molecular complexity index is 3480. The summed E-state index contributed by atoms with van der Waals surface area (Å²) in [6, 6.07) is 47.3. The maximum Gasteiger partial charge on any atom is 0.164 e. The van der Waals surface area contributed by atoms with Crippen LogP contribution in [0.4, 0.5) is 0 Å². The van der Waals surface area contributed by atoms with Crippen LogP contribution >= 0.6 is 34.0 Å². The lowest BCUT2D eigenvalue weighted by molar-refractivity contribution is 0.978. The molecular weight excluding hydrogens is 755 g/mol. The van der Waals surface area contributed by atoms with Crippen LogP contribution in [0.5, 0.6) is 0 Å². The van der Waals surface area contributed by atoms with E-state index in [1.165, 1.54) is 35.0 Å². The van der Waals surface area contributed by atoms with Crippen molar-refractivity contribution in [3.05, 3.63) is 158 Å². The molecule has 5 nitrogen and oxygen atoms in total. The summed E-state index contributed by atoms with van der Waals surface area (Å²) in [6.45, 7) is 0. The average molecular weight is 784 g/mol. The number of rotatable bonds is 5. The van der Waals surface area contributed by atoms with Gasteiger partial charge in [-0.25, -0.2) is 24.9 Å². The largest absolute Gasteiger partial charge is 0.226 e. The van der Waals surface area contributed by atoms with Crippen molar-refractivity contribution in [2.24, 2.45) is 0 Å². The quantitative estimate of drug-likeness (QED) is 0.174. The third kappa shape index (κ3) is 5.44. The summed E-state index contributed by atoms with van der Waals surface area (Å²) in [4.78, 5) is 26.0. The van der Waals surface area contributed by atoms with E-state index >= 15 is 0 Å². The molecule has 6 aromatic carbocycles. The number of allylic oxidation sites excluding steroid dienone is 4. The Morgan fingerprint density at radius 2 is 1.09 bits per heavy atom. The van der Waals surface area contributed by atoms with Crippen LogP contribution in [-0.2, 0) is 0 Å². The molecule has 12 rings (SSSR count). The second-order valence-electron chi connectivity index (χ2n) is 14.3. The molecule has 0 atom stereocenters. The Labute approximate surface area is 339 Å². The highest BCUT2D eigenvalue weighted by Crippen LogP contribution is 2.44. The number of fused-ring (bicyclic) bond motifs is 9. The molecule has 0 fully saturated rings. The third-order valence-electron chi connectivity index (χ3n) is 10.8. The summed E-state index contributed by atoms with van der Waals surface area (Å²) >= 11 is 5.35. The van der Waals surface area contributed by atoms with E-state index in [9.17, 15) is 0 Å². The van der Waals surface area contributed by atoms with E-state index in [0.717, 1.165) is 83.7 Å². The SMILES string of the molecule is C1=CCCC(c2nc(-c3ccc4c(c3)sc3ccccc34)nc(-c3ccc4c(c3)sc3cccc(-c5nc(-c6ccccc6)c6sc7ccccc7c6n5)c34)n2)=C1. The smallest absolute Gasteiger partial charge is 0.164 e. The lowest BCUT2D eigenvalue weighted by Gasteiger charge is -2.12. The van der Waals surface area contributed by atoms with Crippen LogP contribution in [0.15, 0.2) is 152 Å². The molecule has 5 aromatic heterocycles. The summed E-state index contributed by atoms with van der Waals surface area (Å²) in [6.07, 6.45) is 8.31. The van der Waals surface area contributed by atoms with Crippen LogP contribution in [0.3, 0.4) is 0 Å². The molecule has 0 unspecified atom stereocenters. The molecule has 1 aliphatic rings. The second-order valence-corrected chi connectivity index (χ2v) is 17.5. The second kappa shape index (κ2) is 13.1. The first-order valence-corrected chi connectivity index (χ1v) is 21.4. The van der Waals surface area contributed by atoms with Gasteiger partial charge in [0.25, 0.3) is 0 Å². The van der Waals surface area contributed by atoms with Gasteiger partial charge in [0.05, 0.1) is 15.9 Å². The zero-order valence-electron chi connectivity index (χ0n) is 30.3. The summed E-state index contributed by atoms with van der Waals surface area (Å²) in [5.41, 5.74) is 7.15. The summed E-state index contributed by atoms with van der Waals surface area (Å²) in [5.74, 6) is 2.83. The predicted octanol–water partition coefficient (Wildman–Crippen LogP) is 14.2. The molecule has 0 aliphatic heterocycles. The van der Waals surface area contributed by atoms with Gasteiger partial charge >= 0.3 is 0 Å². The van der Waals surface area contributed by atoms with E-state index < -0.39 is 0 Å². The van der Waals surface area contributed by atoms with E-state index in [-0.39, 0.29) is 0 Å². The third-order valence-corrected chi connectivity index (χ3v) is 14.3. The Morgan fingerprint density at radius 1 is 0.439 bits per heavy atom. The van der Waals surface area contributed by atoms with E-state index in [4.69, 9.17) is 24.9 Å². The van der Waals surface area contributed by atoms with Crippen molar-refractivity contribution >= 4 is 100 Å². The van der Waals surface area contributed by atoms with Gasteiger partial charge < -0.3 is 0 Å². The molecule has 0 bridgehead atoms. The minimum Gasteiger partial charge on any atom is -0.226 e. The number of benzene rings is 6. The number of hydrogen-bond donors (Lipinski definition) is 0. The Balaban J connectivity index is 1.02. The van der Waals surface area contributed by atoms with Gasteiger partial charge in [-0.1, -0.05) is 121 Å². The molecule has 11 aromatic rings. The van der Waals surface area contributed by atoms with E-state index in [0.29, 0.717) is 11.6 Å². The van der Waals surface area contributed by atoms with Gasteiger partial charge in [0.15, 0.2) is 23.3 Å². The molecule has 57 heavy (non-hydrogen) atoms. The van der Waals surface area contributed by atoms with Crippen molar-refractivity contribution in [1.29, 1.82) is 0 Å². The van der Waals surface area contributed by atoms with E-state index in [1.54, 1.807) is 22.7 Å². The summed E-state index contributed by atoms with van der Waals surface area (Å²) < 4.78 is 7.18. The lowest BCUT2D eigenvalue weighted by Crippen LogP contribution is -2.03. The minimum absolute atomic E-state index is 0.673. The highest BCUT2D eigenvalue weighted by molar-refractivity contribution is 7.26. The Kier molecular flexibility index (Phi) is 7.51. The highest BCUT2D eigenvalue weighted by atomic mass is 32.1. The Hall–Kier alpha value is -6.45. The van der Waals surface area contributed by atoms with Crippen molar-refractivity contribution in [2.75, 3.05) is 0 Å². The maximum absolute atomic E-state index is 5.33. The van der Waals surface area contributed by atoms with Gasteiger partial charge in [-0.2, -0.15) is 0 Å². The van der Waals surface area contributed by atoms with Gasteiger partial charge in [-0.15, -0.1) is 34.0 Å². The molecule has 0 spiro atoms. The normalized spacial score (nSPS) is 13.2. The van der Waals surface area contributed by atoms with Gasteiger partial charge in [0.1, 0.15) is 0 Å². The van der Waals surface area contributed by atoms with E-state index in [2.05, 4.69) is 152 Å². The number of nitrogens with zero attached hydrogens (tertiary/aromatic N) is 5. The van der Waals surface area contributed by atoms with Crippen molar-refractivity contribution < 1.29 is 0 Å². The molecule has 1 aliphatic carbocycles. The zero-order valence-corrected chi connectivity index (χ0v) is 32.8. The van der Waals surface area contributed by atoms with E-state index in [1.807, 2.05) is 11.3 Å². The van der Waals surface area contributed by atoms with Gasteiger partial charge in [-0.3, -0.25) is 0 Å². The topological polar surface area (TPSA) is 64.5 Å². The summed E-state index contributed by atoms with van der Waals surface area (Å²) in [7, 11) is 0. The first-order valence-electron chi connectivity index (χ1n) is 19.0. The van der Waals surface area contributed by atoms with Crippen molar-refractivity contribution in [1.82, 2.24) is 24.9 Å². The molecule has 0 radical (unpaired) electrons. The molecule has 268 valence electrons. The predicted molar refractivity (Wildman–Crippen MR) is 242 cm³/mol. The van der Waals surface area contributed by atoms with Crippen molar-refractivity contribution in [3.8, 4) is 45.4 Å². The molecule has 8 heteroatoms. The first kappa shape index (κ1) is 32.8. The molecule has 5 heterocycles. The maximum atomic E-state index is 5.33. The molecule has 0 saturated carbocycles. The van der Waals surface area contributed by atoms with Crippen LogP contribution in [0, 0.1) is 0 Å². The Morgan fingerprint density at radius 3 is 1.88 bits per heavy atom. The molecule has 0 N–H and O–H groups in total. The lowest BCUT2D eigenvalue weighted by atomic mass is 10.0. The fourth-order valence-electron chi connectivity index (χ4n) is 8.09. The van der Waals surface area contributed by atoms with Crippen molar-refractivity contribution in [3.63, 3.8) is 0 Å². The number of thiophene rings is 3. The van der Waals surface area contributed by atoms with Crippen LogP contribution in [0.25, 0.3) is 112 Å². The van der Waals surface area contributed by atoms with Crippen LogP contribution in [0.1, 0.15) is 18.7 Å². The molecule has 0 amide bonds. The highest BCUT2D eigenvalue weighted by Gasteiger charge is 2.21. The van der Waals surface area contributed by atoms with Crippen LogP contribution in [-0.4, -0.2) is 24.9 Å². The fourth-order valence-corrected chi connectivity index (χ4v) is 11.6. The van der Waals surface area contributed by atoms with Gasteiger partial charge in [-0.05, 0) is 48.7 Å². The van der Waals surface area contributed by atoms with Gasteiger partial charge in [0.2, 0.25) is 0 Å². The van der Waals surface area contributed by atoms with Crippen LogP contribution < -0.4 is 0 Å². The monoisotopic (exact) mass is 783 g/mol. The fraction of sp³-hybridized carbons (Fsp3) is 0.0408. The number of hydrogen-bond acceptors (Lipinski definition) is 8. The standard InChI is InChI=1S/C49H29N5S3/c1-3-12-28(13-4-1)43-45-44(35-17-8-10-20-38(35)57-45)51-49(50-43)36-18-11-21-39-42(36)34-25-23-31(27-41(34)56-39)48-53-46(29-14-5-2-6-15-29)52-47(54-48)30-22-24-33-32-16-7-9-19-37(32)55-40(33)26-30/h1-5,7-14,16-27H,6,15H2. The summed E-state index contributed by atoms with van der Waals surface area (Å²) in [5, 5.41) is 6.02.